The zero-order chi connectivity index (χ0) is 19.5. The highest BCUT2D eigenvalue weighted by atomic mass is 17.2. The molecule has 0 aromatic rings. The average Bonchev–Trinajstić information content (AvgIpc) is 2.56. The summed E-state index contributed by atoms with van der Waals surface area (Å²) in [7, 11) is 1.49. The van der Waals surface area contributed by atoms with Crippen LogP contribution >= 0.6 is 0 Å². The number of hydrogen-bond acceptors (Lipinski definition) is 5. The van der Waals surface area contributed by atoms with Crippen molar-refractivity contribution in [1.29, 1.82) is 0 Å². The lowest BCUT2D eigenvalue weighted by Crippen LogP contribution is -2.72. The van der Waals surface area contributed by atoms with E-state index in [4.69, 9.17) is 19.2 Å². The van der Waals surface area contributed by atoms with Crippen molar-refractivity contribution in [3.8, 4) is 0 Å². The van der Waals surface area contributed by atoms with Crippen LogP contribution in [0.5, 0.6) is 0 Å². The highest BCUT2D eigenvalue weighted by Gasteiger charge is 2.75. The standard InChI is InChI=1S/C21H30O5/c1-12(2)9-10-13(3)16-19(6)11-14(4)21(26-25-19)20(16,7)17(22)15(5)18(23-8)24-21/h10-12,16H,9H2,1-8H3/b13-10+/t16-,19?,20-,21-/m1/s1. The van der Waals surface area contributed by atoms with Gasteiger partial charge in [-0.25, -0.2) is 4.89 Å². The topological polar surface area (TPSA) is 54.0 Å². The lowest BCUT2D eigenvalue weighted by molar-refractivity contribution is -0.514. The highest BCUT2D eigenvalue weighted by Crippen LogP contribution is 2.64. The Bertz CT molecular complexity index is 731. The van der Waals surface area contributed by atoms with E-state index in [1.807, 2.05) is 26.8 Å². The van der Waals surface area contributed by atoms with Crippen LogP contribution < -0.4 is 0 Å². The predicted molar refractivity (Wildman–Crippen MR) is 97.7 cm³/mol. The minimum atomic E-state index is -1.32. The van der Waals surface area contributed by atoms with Crippen molar-refractivity contribution >= 4 is 5.78 Å². The summed E-state index contributed by atoms with van der Waals surface area (Å²) in [5, 5.41) is 0. The maximum atomic E-state index is 13.6. The second-order valence-electron chi connectivity index (χ2n) is 8.56. The van der Waals surface area contributed by atoms with Crippen molar-refractivity contribution in [2.24, 2.45) is 17.3 Å². The molecule has 0 saturated carbocycles. The number of hydrogen-bond donors (Lipinski definition) is 0. The molecule has 0 amide bonds. The summed E-state index contributed by atoms with van der Waals surface area (Å²) < 4.78 is 11.5. The molecule has 0 N–H and O–H groups in total. The highest BCUT2D eigenvalue weighted by molar-refractivity contribution is 6.02. The molecule has 2 bridgehead atoms. The van der Waals surface area contributed by atoms with Crippen molar-refractivity contribution < 1.29 is 24.0 Å². The van der Waals surface area contributed by atoms with Gasteiger partial charge in [-0.1, -0.05) is 25.5 Å². The molecule has 1 aliphatic carbocycles. The molecule has 0 radical (unpaired) electrons. The molecule has 1 saturated heterocycles. The van der Waals surface area contributed by atoms with Gasteiger partial charge in [-0.2, -0.15) is 4.89 Å². The molecule has 4 rings (SSSR count). The molecule has 4 aliphatic rings. The molecule has 1 fully saturated rings. The van der Waals surface area contributed by atoms with Gasteiger partial charge < -0.3 is 9.47 Å². The lowest BCUT2D eigenvalue weighted by atomic mass is 9.52. The van der Waals surface area contributed by atoms with E-state index in [1.54, 1.807) is 6.92 Å². The molecule has 3 aliphatic heterocycles. The number of carbonyl (C=O) groups excluding carboxylic acids is 1. The minimum absolute atomic E-state index is 0.0233. The molecule has 3 heterocycles. The Kier molecular flexibility index (Phi) is 4.40. The van der Waals surface area contributed by atoms with E-state index in [1.165, 1.54) is 7.11 Å². The van der Waals surface area contributed by atoms with Gasteiger partial charge in [0.1, 0.15) is 11.0 Å². The molecule has 1 unspecified atom stereocenters. The SMILES string of the molecule is COC1=C(C)C(=O)[C@@]2(C)[C@H](/C(C)=C/CC(C)C)C3(C)C=C(C)[C@]2(OO3)O1. The van der Waals surface area contributed by atoms with Crippen molar-refractivity contribution in [3.05, 3.63) is 34.8 Å². The van der Waals surface area contributed by atoms with E-state index >= 15 is 0 Å². The van der Waals surface area contributed by atoms with E-state index in [0.717, 1.165) is 17.6 Å². The number of carbonyl (C=O) groups is 1. The zero-order valence-corrected chi connectivity index (χ0v) is 17.1. The Morgan fingerprint density at radius 3 is 2.50 bits per heavy atom. The predicted octanol–water partition coefficient (Wildman–Crippen LogP) is 4.46. The number of rotatable bonds is 4. The lowest BCUT2D eigenvalue weighted by Gasteiger charge is -2.62. The van der Waals surface area contributed by atoms with Gasteiger partial charge in [0, 0.05) is 11.5 Å². The number of allylic oxidation sites excluding steroid dienone is 2. The molecule has 5 heteroatoms. The van der Waals surface area contributed by atoms with Crippen LogP contribution in [-0.2, 0) is 24.0 Å². The fraction of sp³-hybridized carbons (Fsp3) is 0.667. The number of ether oxygens (including phenoxy) is 2. The van der Waals surface area contributed by atoms with Crippen LogP contribution in [0, 0.1) is 17.3 Å². The third kappa shape index (κ3) is 2.26. The quantitative estimate of drug-likeness (QED) is 0.546. The van der Waals surface area contributed by atoms with E-state index in [0.29, 0.717) is 11.5 Å². The first-order valence-corrected chi connectivity index (χ1v) is 9.25. The summed E-state index contributed by atoms with van der Waals surface area (Å²) in [4.78, 5) is 25.2. The molecule has 0 aromatic heterocycles. The molecular formula is C21H30O5. The van der Waals surface area contributed by atoms with Crippen LogP contribution in [0.1, 0.15) is 54.9 Å². The van der Waals surface area contributed by atoms with Gasteiger partial charge in [-0.15, -0.1) is 0 Å². The summed E-state index contributed by atoms with van der Waals surface area (Å²) in [6.45, 7) is 14.0. The first-order valence-electron chi connectivity index (χ1n) is 9.25. The van der Waals surface area contributed by atoms with Gasteiger partial charge in [0.15, 0.2) is 5.78 Å². The number of ketones is 1. The largest absolute Gasteiger partial charge is 0.468 e. The Morgan fingerprint density at radius 2 is 1.96 bits per heavy atom. The Labute approximate surface area is 155 Å². The molecule has 1 spiro atoms. The maximum Gasteiger partial charge on any atom is 0.288 e. The monoisotopic (exact) mass is 362 g/mol. The van der Waals surface area contributed by atoms with E-state index in [-0.39, 0.29) is 17.6 Å². The van der Waals surface area contributed by atoms with Crippen LogP contribution in [-0.4, -0.2) is 24.3 Å². The van der Waals surface area contributed by atoms with Crippen molar-refractivity contribution in [2.45, 2.75) is 66.3 Å². The van der Waals surface area contributed by atoms with Crippen LogP contribution in [0.4, 0.5) is 0 Å². The smallest absolute Gasteiger partial charge is 0.288 e. The van der Waals surface area contributed by atoms with E-state index in [2.05, 4.69) is 26.8 Å². The molecule has 144 valence electrons. The summed E-state index contributed by atoms with van der Waals surface area (Å²) >= 11 is 0. The summed E-state index contributed by atoms with van der Waals surface area (Å²) in [6, 6.07) is 0. The van der Waals surface area contributed by atoms with Crippen molar-refractivity contribution in [2.75, 3.05) is 7.11 Å². The first kappa shape index (κ1) is 19.2. The number of Topliss-reactive ketones (excluding diaryl/α,β-unsaturated/α-hetero) is 1. The normalized spacial score (nSPS) is 39.7. The van der Waals surface area contributed by atoms with Gasteiger partial charge in [0.2, 0.25) is 0 Å². The van der Waals surface area contributed by atoms with Gasteiger partial charge in [-0.05, 0) is 53.0 Å². The summed E-state index contributed by atoms with van der Waals surface area (Å²) in [6.07, 6.45) is 5.18. The van der Waals surface area contributed by atoms with Crippen molar-refractivity contribution in [1.82, 2.24) is 0 Å². The van der Waals surface area contributed by atoms with Crippen LogP contribution in [0.25, 0.3) is 0 Å². The minimum Gasteiger partial charge on any atom is -0.468 e. The third-order valence-electron chi connectivity index (χ3n) is 6.10. The van der Waals surface area contributed by atoms with Gasteiger partial charge >= 0.3 is 0 Å². The third-order valence-corrected chi connectivity index (χ3v) is 6.10. The molecule has 0 aromatic carbocycles. The van der Waals surface area contributed by atoms with Gasteiger partial charge in [0.25, 0.3) is 11.7 Å². The van der Waals surface area contributed by atoms with Crippen LogP contribution in [0.15, 0.2) is 34.8 Å². The van der Waals surface area contributed by atoms with E-state index < -0.39 is 16.8 Å². The molecule has 4 atom stereocenters. The summed E-state index contributed by atoms with van der Waals surface area (Å²) in [5.74, 6) is -0.812. The molecular weight excluding hydrogens is 332 g/mol. The first-order chi connectivity index (χ1) is 12.0. The second kappa shape index (κ2) is 5.96. The van der Waals surface area contributed by atoms with Gasteiger partial charge in [-0.3, -0.25) is 4.79 Å². The van der Waals surface area contributed by atoms with E-state index in [9.17, 15) is 4.79 Å². The zero-order valence-electron chi connectivity index (χ0n) is 17.1. The fourth-order valence-electron chi connectivity index (χ4n) is 4.97. The van der Waals surface area contributed by atoms with Crippen LogP contribution in [0.3, 0.4) is 0 Å². The average molecular weight is 362 g/mol. The summed E-state index contributed by atoms with van der Waals surface area (Å²) in [5.41, 5.74) is 0.752. The molecule has 5 nitrogen and oxygen atoms in total. The Morgan fingerprint density at radius 1 is 1.31 bits per heavy atom. The van der Waals surface area contributed by atoms with Gasteiger partial charge in [0.05, 0.1) is 12.7 Å². The van der Waals surface area contributed by atoms with Crippen molar-refractivity contribution in [3.63, 3.8) is 0 Å². The Balaban J connectivity index is 2.23. The Hall–Kier alpha value is -1.59. The number of methoxy groups -OCH3 is 1. The van der Waals surface area contributed by atoms with Crippen LogP contribution in [0.2, 0.25) is 0 Å². The fourth-order valence-corrected chi connectivity index (χ4v) is 4.97. The number of fused-ring (bicyclic) bond motifs is 1. The second-order valence-corrected chi connectivity index (χ2v) is 8.56. The maximum absolute atomic E-state index is 13.6. The molecule has 26 heavy (non-hydrogen) atoms.